The van der Waals surface area contributed by atoms with E-state index in [1.807, 2.05) is 26.8 Å². The number of carbonyl (C=O) groups excluding carboxylic acids is 3. The van der Waals surface area contributed by atoms with Crippen LogP contribution in [0.1, 0.15) is 50.2 Å². The predicted octanol–water partition coefficient (Wildman–Crippen LogP) is 5.13. The Labute approximate surface area is 220 Å². The third kappa shape index (κ3) is 5.88. The second-order valence-corrected chi connectivity index (χ2v) is 10.3. The molecule has 190 valence electrons. The second-order valence-electron chi connectivity index (χ2n) is 9.49. The van der Waals surface area contributed by atoms with Crippen LogP contribution in [0.4, 0.5) is 5.69 Å². The van der Waals surface area contributed by atoms with Gasteiger partial charge in [-0.15, -0.1) is 0 Å². The number of aromatic nitrogens is 2. The monoisotopic (exact) mass is 529 g/mol. The van der Waals surface area contributed by atoms with Crippen molar-refractivity contribution >= 4 is 46.6 Å². The van der Waals surface area contributed by atoms with E-state index in [4.69, 9.17) is 28.9 Å². The summed E-state index contributed by atoms with van der Waals surface area (Å²) in [7, 11) is 0. The predicted molar refractivity (Wildman–Crippen MR) is 143 cm³/mol. The average molecular weight is 530 g/mol. The van der Waals surface area contributed by atoms with Gasteiger partial charge in [0.2, 0.25) is 11.8 Å². The van der Waals surface area contributed by atoms with Crippen molar-refractivity contribution in [1.82, 2.24) is 15.1 Å². The highest BCUT2D eigenvalue weighted by molar-refractivity contribution is 6.35. The van der Waals surface area contributed by atoms with Crippen LogP contribution in [0.3, 0.4) is 0 Å². The number of halogens is 2. The summed E-state index contributed by atoms with van der Waals surface area (Å²) in [5, 5.41) is 10.9. The summed E-state index contributed by atoms with van der Waals surface area (Å²) in [6.45, 7) is 8.95. The van der Waals surface area contributed by atoms with Gasteiger partial charge in [-0.1, -0.05) is 63.0 Å². The van der Waals surface area contributed by atoms with Crippen molar-refractivity contribution in [2.24, 2.45) is 11.1 Å². The van der Waals surface area contributed by atoms with Gasteiger partial charge in [0.15, 0.2) is 5.69 Å². The molecule has 3 aromatic rings. The fraction of sp³-hybridized carbons (Fsp3) is 0.308. The molecule has 2 aromatic carbocycles. The third-order valence-electron chi connectivity index (χ3n) is 5.64. The van der Waals surface area contributed by atoms with E-state index in [1.165, 1.54) is 0 Å². The van der Waals surface area contributed by atoms with E-state index in [2.05, 4.69) is 15.7 Å². The minimum atomic E-state index is -0.912. The first-order valence-corrected chi connectivity index (χ1v) is 12.1. The Morgan fingerprint density at radius 2 is 1.81 bits per heavy atom. The molecule has 0 spiro atoms. The normalized spacial score (nSPS) is 12.2. The number of rotatable bonds is 7. The van der Waals surface area contributed by atoms with Crippen molar-refractivity contribution in [1.29, 1.82) is 0 Å². The van der Waals surface area contributed by atoms with Crippen molar-refractivity contribution in [3.63, 3.8) is 0 Å². The molecule has 0 radical (unpaired) electrons. The van der Waals surface area contributed by atoms with Crippen molar-refractivity contribution in [2.45, 2.75) is 47.1 Å². The van der Waals surface area contributed by atoms with Crippen molar-refractivity contribution < 1.29 is 14.4 Å². The molecule has 0 aliphatic carbocycles. The maximum atomic E-state index is 13.3. The van der Waals surface area contributed by atoms with Crippen molar-refractivity contribution in [3.8, 4) is 16.9 Å². The van der Waals surface area contributed by atoms with Gasteiger partial charge < -0.3 is 16.4 Å². The molecule has 1 heterocycles. The number of hydrogen-bond donors (Lipinski definition) is 3. The molecule has 3 amide bonds. The molecule has 0 saturated carbocycles. The molecular formula is C26H29Cl2N5O3. The van der Waals surface area contributed by atoms with Crippen LogP contribution in [0.15, 0.2) is 42.5 Å². The van der Waals surface area contributed by atoms with Gasteiger partial charge >= 0.3 is 0 Å². The van der Waals surface area contributed by atoms with E-state index >= 15 is 0 Å². The SMILES string of the molecule is CCC(=O)Nc1cccc(-c2c(C)c(C(=O)NC(C(N)=O)C(C)(C)C)nn2-c2ccc(Cl)cc2Cl)c1. The van der Waals surface area contributed by atoms with Crippen LogP contribution >= 0.6 is 23.2 Å². The van der Waals surface area contributed by atoms with Crippen LogP contribution in [-0.2, 0) is 9.59 Å². The summed E-state index contributed by atoms with van der Waals surface area (Å²) in [5.41, 5.74) is 8.00. The summed E-state index contributed by atoms with van der Waals surface area (Å²) < 4.78 is 1.56. The van der Waals surface area contributed by atoms with Crippen LogP contribution in [0.25, 0.3) is 16.9 Å². The highest BCUT2D eigenvalue weighted by atomic mass is 35.5. The molecule has 8 nitrogen and oxygen atoms in total. The first-order chi connectivity index (χ1) is 16.8. The maximum Gasteiger partial charge on any atom is 0.272 e. The zero-order valence-corrected chi connectivity index (χ0v) is 22.3. The zero-order chi connectivity index (χ0) is 26.8. The number of benzene rings is 2. The van der Waals surface area contributed by atoms with Gasteiger partial charge in [0.05, 0.1) is 16.4 Å². The Morgan fingerprint density at radius 3 is 2.39 bits per heavy atom. The lowest BCUT2D eigenvalue weighted by Crippen LogP contribution is -2.52. The Balaban J connectivity index is 2.19. The average Bonchev–Trinajstić information content (AvgIpc) is 3.13. The number of anilines is 1. The molecule has 1 aromatic heterocycles. The summed E-state index contributed by atoms with van der Waals surface area (Å²) in [6, 6.07) is 11.2. The molecule has 1 unspecified atom stereocenters. The van der Waals surface area contributed by atoms with Gasteiger partial charge in [-0.25, -0.2) is 4.68 Å². The van der Waals surface area contributed by atoms with Crippen LogP contribution in [-0.4, -0.2) is 33.5 Å². The first-order valence-electron chi connectivity index (χ1n) is 11.4. The highest BCUT2D eigenvalue weighted by Crippen LogP contribution is 2.34. The van der Waals surface area contributed by atoms with Gasteiger partial charge in [0.25, 0.3) is 5.91 Å². The third-order valence-corrected chi connectivity index (χ3v) is 6.18. The van der Waals surface area contributed by atoms with Crippen molar-refractivity contribution in [3.05, 3.63) is 63.8 Å². The van der Waals surface area contributed by atoms with Gasteiger partial charge in [0.1, 0.15) is 6.04 Å². The van der Waals surface area contributed by atoms with E-state index in [0.717, 1.165) is 0 Å². The molecule has 36 heavy (non-hydrogen) atoms. The number of amides is 3. The number of primary amides is 1. The fourth-order valence-electron chi connectivity index (χ4n) is 3.79. The van der Waals surface area contributed by atoms with Crippen LogP contribution < -0.4 is 16.4 Å². The summed E-state index contributed by atoms with van der Waals surface area (Å²) >= 11 is 12.6. The van der Waals surface area contributed by atoms with E-state index in [0.29, 0.717) is 44.7 Å². The van der Waals surface area contributed by atoms with Gasteiger partial charge in [-0.2, -0.15) is 5.10 Å². The first kappa shape index (κ1) is 27.2. The van der Waals surface area contributed by atoms with Gasteiger partial charge in [0, 0.05) is 28.3 Å². The molecule has 4 N–H and O–H groups in total. The molecule has 0 fully saturated rings. The minimum absolute atomic E-state index is 0.106. The minimum Gasteiger partial charge on any atom is -0.368 e. The highest BCUT2D eigenvalue weighted by Gasteiger charge is 2.33. The smallest absolute Gasteiger partial charge is 0.272 e. The Morgan fingerprint density at radius 1 is 1.11 bits per heavy atom. The van der Waals surface area contributed by atoms with Crippen LogP contribution in [0.2, 0.25) is 10.0 Å². The Bertz CT molecular complexity index is 1330. The molecule has 0 aliphatic heterocycles. The zero-order valence-electron chi connectivity index (χ0n) is 20.8. The van der Waals surface area contributed by atoms with Crippen LogP contribution in [0, 0.1) is 12.3 Å². The molecule has 10 heteroatoms. The molecule has 3 rings (SSSR count). The lowest BCUT2D eigenvalue weighted by atomic mass is 9.86. The molecule has 0 bridgehead atoms. The number of nitrogens with zero attached hydrogens (tertiary/aromatic N) is 2. The lowest BCUT2D eigenvalue weighted by molar-refractivity contribution is -0.122. The number of nitrogens with two attached hydrogens (primary N) is 1. The van der Waals surface area contributed by atoms with Crippen molar-refractivity contribution in [2.75, 3.05) is 5.32 Å². The fourth-order valence-corrected chi connectivity index (χ4v) is 4.27. The Kier molecular flexibility index (Phi) is 8.11. The standard InChI is InChI=1S/C26H29Cl2N5O3/c1-6-20(34)30-17-9-7-8-15(12-17)22-14(2)21(25(36)31-23(24(29)35)26(3,4)5)32-33(22)19-11-10-16(27)13-18(19)28/h7-13,23H,6H2,1-5H3,(H2,29,35)(H,30,34)(H,31,36). The summed E-state index contributed by atoms with van der Waals surface area (Å²) in [5.74, 6) is -1.32. The summed E-state index contributed by atoms with van der Waals surface area (Å²) in [6.07, 6.45) is 0.334. The van der Waals surface area contributed by atoms with E-state index in [9.17, 15) is 14.4 Å². The molecular weight excluding hydrogens is 501 g/mol. The van der Waals surface area contributed by atoms with E-state index in [1.54, 1.807) is 54.9 Å². The molecule has 1 atom stereocenters. The molecule has 0 aliphatic rings. The maximum absolute atomic E-state index is 13.3. The topological polar surface area (TPSA) is 119 Å². The summed E-state index contributed by atoms with van der Waals surface area (Å²) in [4.78, 5) is 37.3. The quantitative estimate of drug-likeness (QED) is 0.392. The number of nitrogens with one attached hydrogen (secondary N) is 2. The van der Waals surface area contributed by atoms with E-state index < -0.39 is 23.3 Å². The van der Waals surface area contributed by atoms with Gasteiger partial charge in [-0.3, -0.25) is 14.4 Å². The second kappa shape index (κ2) is 10.7. The number of carbonyl (C=O) groups is 3. The molecule has 0 saturated heterocycles. The van der Waals surface area contributed by atoms with Gasteiger partial charge in [-0.05, 0) is 42.7 Å². The van der Waals surface area contributed by atoms with Crippen LogP contribution in [0.5, 0.6) is 0 Å². The largest absolute Gasteiger partial charge is 0.368 e. The number of hydrogen-bond acceptors (Lipinski definition) is 4. The lowest BCUT2D eigenvalue weighted by Gasteiger charge is -2.28. The Hall–Kier alpha value is -3.36. The van der Waals surface area contributed by atoms with E-state index in [-0.39, 0.29) is 11.6 Å².